The third kappa shape index (κ3) is 4.84. The maximum atomic E-state index is 13.7. The van der Waals surface area contributed by atoms with E-state index in [1.165, 1.54) is 12.1 Å². The molecule has 0 radical (unpaired) electrons. The summed E-state index contributed by atoms with van der Waals surface area (Å²) in [5.41, 5.74) is 0.313. The minimum Gasteiger partial charge on any atom is -0.484 e. The van der Waals surface area contributed by atoms with Crippen LogP contribution < -0.4 is 10.1 Å². The first kappa shape index (κ1) is 17.7. The lowest BCUT2D eigenvalue weighted by atomic mass is 10.1. The van der Waals surface area contributed by atoms with Gasteiger partial charge < -0.3 is 10.1 Å². The van der Waals surface area contributed by atoms with Gasteiger partial charge in [0.1, 0.15) is 0 Å². The van der Waals surface area contributed by atoms with Crippen molar-refractivity contribution in [2.24, 2.45) is 0 Å². The van der Waals surface area contributed by atoms with Crippen molar-refractivity contribution in [3.63, 3.8) is 0 Å². The fraction of sp³-hybridized carbons (Fsp3) is 0.571. The zero-order valence-electron chi connectivity index (χ0n) is 11.8. The van der Waals surface area contributed by atoms with Crippen molar-refractivity contribution in [3.05, 3.63) is 29.6 Å². The summed E-state index contributed by atoms with van der Waals surface area (Å²) < 4.78 is 68.4. The summed E-state index contributed by atoms with van der Waals surface area (Å²) in [5.74, 6) is -5.60. The first-order valence-corrected chi connectivity index (χ1v) is 6.60. The number of halogens is 5. The van der Waals surface area contributed by atoms with E-state index < -0.39 is 30.5 Å². The standard InChI is InChI=1S/C14H18F5NO/c1-3-7-20-9(2)10-5-4-6-11(15)12(10)21-8-14(18,19)13(16)17/h4-6,9,13,20H,3,7-8H2,1-2H3. The van der Waals surface area contributed by atoms with Crippen LogP contribution in [-0.2, 0) is 0 Å². The Hall–Kier alpha value is -1.37. The molecule has 0 saturated heterocycles. The van der Waals surface area contributed by atoms with Crippen LogP contribution in [0.5, 0.6) is 5.75 Å². The lowest BCUT2D eigenvalue weighted by Gasteiger charge is -2.21. The molecule has 0 fully saturated rings. The molecule has 1 atom stereocenters. The number of nitrogens with one attached hydrogen (secondary N) is 1. The Labute approximate surface area is 120 Å². The molecule has 2 nitrogen and oxygen atoms in total. The van der Waals surface area contributed by atoms with E-state index in [1.54, 1.807) is 6.92 Å². The summed E-state index contributed by atoms with van der Waals surface area (Å²) in [6, 6.07) is 3.60. The summed E-state index contributed by atoms with van der Waals surface area (Å²) in [4.78, 5) is 0. The fourth-order valence-electron chi connectivity index (χ4n) is 1.72. The zero-order valence-corrected chi connectivity index (χ0v) is 11.8. The molecule has 7 heteroatoms. The van der Waals surface area contributed by atoms with Gasteiger partial charge in [-0.3, -0.25) is 0 Å². The maximum absolute atomic E-state index is 13.7. The molecule has 0 saturated carbocycles. The van der Waals surface area contributed by atoms with E-state index in [9.17, 15) is 22.0 Å². The third-order valence-electron chi connectivity index (χ3n) is 2.89. The Kier molecular flexibility index (Phi) is 6.39. The van der Waals surface area contributed by atoms with Crippen molar-refractivity contribution in [3.8, 4) is 5.75 Å². The van der Waals surface area contributed by atoms with Crippen molar-refractivity contribution in [1.82, 2.24) is 5.32 Å². The number of rotatable bonds is 8. The predicted octanol–water partition coefficient (Wildman–Crippen LogP) is 4.17. The van der Waals surface area contributed by atoms with Gasteiger partial charge in [-0.2, -0.15) is 8.78 Å². The van der Waals surface area contributed by atoms with Crippen molar-refractivity contribution in [1.29, 1.82) is 0 Å². The summed E-state index contributed by atoms with van der Waals surface area (Å²) in [7, 11) is 0. The summed E-state index contributed by atoms with van der Waals surface area (Å²) in [6.45, 7) is 2.72. The van der Waals surface area contributed by atoms with Crippen LogP contribution in [-0.4, -0.2) is 25.5 Å². The molecule has 0 heterocycles. The van der Waals surface area contributed by atoms with Gasteiger partial charge in [0, 0.05) is 11.6 Å². The van der Waals surface area contributed by atoms with Gasteiger partial charge in [-0.05, 0) is 26.0 Å². The van der Waals surface area contributed by atoms with Gasteiger partial charge in [-0.25, -0.2) is 13.2 Å². The van der Waals surface area contributed by atoms with Gasteiger partial charge in [-0.15, -0.1) is 0 Å². The molecule has 0 spiro atoms. The van der Waals surface area contributed by atoms with Gasteiger partial charge in [0.25, 0.3) is 0 Å². The van der Waals surface area contributed by atoms with Crippen LogP contribution in [0.1, 0.15) is 31.9 Å². The molecule has 21 heavy (non-hydrogen) atoms. The highest BCUT2D eigenvalue weighted by Crippen LogP contribution is 2.31. The molecule has 1 rings (SSSR count). The molecule has 0 aromatic heterocycles. The van der Waals surface area contributed by atoms with E-state index in [-0.39, 0.29) is 6.04 Å². The van der Waals surface area contributed by atoms with Crippen molar-refractivity contribution in [2.75, 3.05) is 13.2 Å². The highest BCUT2D eigenvalue weighted by atomic mass is 19.3. The predicted molar refractivity (Wildman–Crippen MR) is 69.6 cm³/mol. The molecule has 0 bridgehead atoms. The van der Waals surface area contributed by atoms with Gasteiger partial charge in [0.05, 0.1) is 0 Å². The van der Waals surface area contributed by atoms with Crippen molar-refractivity contribution in [2.45, 2.75) is 38.7 Å². The molecule has 0 aliphatic rings. The lowest BCUT2D eigenvalue weighted by molar-refractivity contribution is -0.148. The zero-order chi connectivity index (χ0) is 16.0. The van der Waals surface area contributed by atoms with Crippen LogP contribution in [0.2, 0.25) is 0 Å². The largest absolute Gasteiger partial charge is 0.484 e. The second kappa shape index (κ2) is 7.59. The smallest absolute Gasteiger partial charge is 0.340 e. The molecule has 1 unspecified atom stereocenters. The van der Waals surface area contributed by atoms with Crippen LogP contribution >= 0.6 is 0 Å². The molecule has 0 aliphatic carbocycles. The molecule has 0 amide bonds. The number of alkyl halides is 4. The first-order chi connectivity index (χ1) is 9.79. The van der Waals surface area contributed by atoms with Crippen LogP contribution in [0.25, 0.3) is 0 Å². The Morgan fingerprint density at radius 2 is 1.95 bits per heavy atom. The summed E-state index contributed by atoms with van der Waals surface area (Å²) in [6.07, 6.45) is -3.03. The average molecular weight is 311 g/mol. The second-order valence-corrected chi connectivity index (χ2v) is 4.68. The van der Waals surface area contributed by atoms with E-state index in [0.717, 1.165) is 12.5 Å². The minimum absolute atomic E-state index is 0.313. The average Bonchev–Trinajstić information content (AvgIpc) is 2.43. The highest BCUT2D eigenvalue weighted by molar-refractivity contribution is 5.37. The summed E-state index contributed by atoms with van der Waals surface area (Å²) in [5, 5.41) is 3.05. The number of hydrogen-bond acceptors (Lipinski definition) is 2. The van der Waals surface area contributed by atoms with E-state index >= 15 is 0 Å². The highest BCUT2D eigenvalue weighted by Gasteiger charge is 2.42. The quantitative estimate of drug-likeness (QED) is 0.728. The van der Waals surface area contributed by atoms with Gasteiger partial charge >= 0.3 is 12.3 Å². The minimum atomic E-state index is -4.32. The molecule has 1 aromatic carbocycles. The van der Waals surface area contributed by atoms with Crippen LogP contribution in [0.4, 0.5) is 22.0 Å². The Bertz CT molecular complexity index is 453. The summed E-state index contributed by atoms with van der Waals surface area (Å²) >= 11 is 0. The number of para-hydroxylation sites is 1. The molecular weight excluding hydrogens is 293 g/mol. The number of benzene rings is 1. The topological polar surface area (TPSA) is 21.3 Å². The van der Waals surface area contributed by atoms with Gasteiger partial charge in [-0.1, -0.05) is 19.1 Å². The van der Waals surface area contributed by atoms with Gasteiger partial charge in [0.2, 0.25) is 0 Å². The molecular formula is C14H18F5NO. The first-order valence-electron chi connectivity index (χ1n) is 6.60. The maximum Gasteiger partial charge on any atom is 0.340 e. The van der Waals surface area contributed by atoms with E-state index in [4.69, 9.17) is 0 Å². The number of hydrogen-bond donors (Lipinski definition) is 1. The Balaban J connectivity index is 2.90. The molecule has 120 valence electrons. The monoisotopic (exact) mass is 311 g/mol. The van der Waals surface area contributed by atoms with Gasteiger partial charge in [0.15, 0.2) is 18.2 Å². The van der Waals surface area contributed by atoms with E-state index in [1.807, 2.05) is 6.92 Å². The molecule has 1 N–H and O–H groups in total. The number of ether oxygens (including phenoxy) is 1. The third-order valence-corrected chi connectivity index (χ3v) is 2.89. The fourth-order valence-corrected chi connectivity index (χ4v) is 1.72. The molecule has 0 aliphatic heterocycles. The normalized spacial score (nSPS) is 13.5. The van der Waals surface area contributed by atoms with Crippen molar-refractivity contribution < 1.29 is 26.7 Å². The lowest BCUT2D eigenvalue weighted by Crippen LogP contribution is -2.34. The van der Waals surface area contributed by atoms with Crippen LogP contribution in [0.15, 0.2) is 18.2 Å². The van der Waals surface area contributed by atoms with E-state index in [0.29, 0.717) is 12.1 Å². The van der Waals surface area contributed by atoms with Crippen molar-refractivity contribution >= 4 is 0 Å². The molecule has 1 aromatic rings. The van der Waals surface area contributed by atoms with E-state index in [2.05, 4.69) is 10.1 Å². The van der Waals surface area contributed by atoms with Crippen LogP contribution in [0.3, 0.4) is 0 Å². The SMILES string of the molecule is CCCNC(C)c1cccc(F)c1OCC(F)(F)C(F)F. The van der Waals surface area contributed by atoms with Crippen LogP contribution in [0, 0.1) is 5.82 Å². The second-order valence-electron chi connectivity index (χ2n) is 4.68. The Morgan fingerprint density at radius 1 is 1.29 bits per heavy atom. The Morgan fingerprint density at radius 3 is 2.52 bits per heavy atom.